The molecule has 2 aliphatic heterocycles. The summed E-state index contributed by atoms with van der Waals surface area (Å²) >= 11 is 1.96. The number of benzene rings is 6. The Hall–Kier alpha value is -4.80. The van der Waals surface area contributed by atoms with Crippen molar-refractivity contribution in [2.45, 2.75) is 181 Å². The van der Waals surface area contributed by atoms with Crippen LogP contribution in [-0.2, 0) is 37.9 Å². The van der Waals surface area contributed by atoms with Crippen molar-refractivity contribution in [1.29, 1.82) is 0 Å². The summed E-state index contributed by atoms with van der Waals surface area (Å²) in [5, 5.41) is 2.69. The van der Waals surface area contributed by atoms with Crippen molar-refractivity contribution in [3.8, 4) is 0 Å². The molecule has 3 heterocycles. The minimum atomic E-state index is -0.106. The maximum atomic E-state index is 2.78. The number of hydrogen-bond acceptors (Lipinski definition) is 3. The van der Waals surface area contributed by atoms with E-state index in [4.69, 9.17) is 0 Å². The second kappa shape index (κ2) is 13.7. The lowest BCUT2D eigenvalue weighted by Gasteiger charge is -2.48. The maximum absolute atomic E-state index is 2.78. The Bertz CT molecular complexity index is 3340. The van der Waals surface area contributed by atoms with Crippen molar-refractivity contribution in [2.24, 2.45) is 0 Å². The van der Waals surface area contributed by atoms with Crippen LogP contribution in [-0.4, -0.2) is 6.71 Å². The highest BCUT2D eigenvalue weighted by Gasteiger charge is 2.50. The third kappa shape index (κ3) is 6.13. The van der Waals surface area contributed by atoms with E-state index < -0.39 is 0 Å². The molecule has 1 aromatic heterocycles. The van der Waals surface area contributed by atoms with Crippen LogP contribution in [0.15, 0.2) is 91.0 Å². The van der Waals surface area contributed by atoms with Crippen molar-refractivity contribution >= 4 is 88.7 Å². The van der Waals surface area contributed by atoms with Gasteiger partial charge in [0.2, 0.25) is 0 Å². The quantitative estimate of drug-likeness (QED) is 0.159. The molecule has 0 saturated carbocycles. The molecule has 0 fully saturated rings. The summed E-state index contributed by atoms with van der Waals surface area (Å²) in [4.78, 5) is 5.54. The molecule has 0 spiro atoms. The summed E-state index contributed by atoms with van der Waals surface area (Å²) in [5.74, 6) is 0. The van der Waals surface area contributed by atoms with E-state index in [1.165, 1.54) is 141 Å². The molecule has 0 bridgehead atoms. The minimum Gasteiger partial charge on any atom is -0.311 e. The zero-order chi connectivity index (χ0) is 48.2. The SMILES string of the molecule is Cc1cc2c(cc1N1c3cc4c(cc3B3c5cc6c(cc5N(c5cccc7c5sc5ccccc57)c5cc(C(C)(C)C)cc1c53)C(C)(C)CCC6(C)C)C(C)(C)CC4(C)C)C(C)(C)CCC2(C)C. The Morgan fingerprint density at radius 1 is 0.456 bits per heavy atom. The van der Waals surface area contributed by atoms with Gasteiger partial charge in [0.25, 0.3) is 6.71 Å². The van der Waals surface area contributed by atoms with Crippen LogP contribution in [0.5, 0.6) is 0 Å². The van der Waals surface area contributed by atoms with Crippen molar-refractivity contribution in [2.75, 3.05) is 9.80 Å². The molecule has 2 nitrogen and oxygen atoms in total. The summed E-state index contributed by atoms with van der Waals surface area (Å²) in [5.41, 5.74) is 24.5. The molecule has 5 aliphatic rings. The number of fused-ring (bicyclic) bond motifs is 10. The zero-order valence-electron chi connectivity index (χ0n) is 44.1. The summed E-state index contributed by atoms with van der Waals surface area (Å²) in [6, 6.07) is 37.5. The number of nitrogens with zero attached hydrogens (tertiary/aromatic N) is 2. The Morgan fingerprint density at radius 2 is 0.897 bits per heavy atom. The molecular formula is C64H73BN2S. The van der Waals surface area contributed by atoms with Crippen molar-refractivity contribution in [3.63, 3.8) is 0 Å². The molecule has 3 aliphatic carbocycles. The molecule has 0 saturated heterocycles. The van der Waals surface area contributed by atoms with Gasteiger partial charge in [-0.25, -0.2) is 0 Å². The lowest BCUT2D eigenvalue weighted by Crippen LogP contribution is -2.62. The molecule has 7 aromatic rings. The Balaban J connectivity index is 1.26. The van der Waals surface area contributed by atoms with Gasteiger partial charge in [-0.3, -0.25) is 0 Å². The van der Waals surface area contributed by atoms with E-state index in [9.17, 15) is 0 Å². The van der Waals surface area contributed by atoms with Crippen LogP contribution in [0.25, 0.3) is 20.2 Å². The summed E-state index contributed by atoms with van der Waals surface area (Å²) in [6.07, 6.45) is 5.89. The average molecular weight is 913 g/mol. The monoisotopic (exact) mass is 913 g/mol. The number of anilines is 6. The van der Waals surface area contributed by atoms with Crippen LogP contribution in [0.2, 0.25) is 0 Å². The number of hydrogen-bond donors (Lipinski definition) is 0. The lowest BCUT2D eigenvalue weighted by molar-refractivity contribution is 0.332. The van der Waals surface area contributed by atoms with Gasteiger partial charge in [0.1, 0.15) is 0 Å². The topological polar surface area (TPSA) is 6.48 Å². The van der Waals surface area contributed by atoms with E-state index in [2.05, 4.69) is 212 Å². The largest absolute Gasteiger partial charge is 0.311 e. The van der Waals surface area contributed by atoms with Gasteiger partial charge in [0.15, 0.2) is 0 Å². The van der Waals surface area contributed by atoms with Gasteiger partial charge >= 0.3 is 0 Å². The van der Waals surface area contributed by atoms with Gasteiger partial charge in [0.05, 0.1) is 10.4 Å². The van der Waals surface area contributed by atoms with Crippen LogP contribution in [0.3, 0.4) is 0 Å². The van der Waals surface area contributed by atoms with Crippen LogP contribution in [0.1, 0.15) is 180 Å². The molecule has 0 atom stereocenters. The van der Waals surface area contributed by atoms with Gasteiger partial charge in [-0.2, -0.15) is 0 Å². The van der Waals surface area contributed by atoms with E-state index in [0.29, 0.717) is 0 Å². The van der Waals surface area contributed by atoms with Crippen molar-refractivity contribution in [1.82, 2.24) is 0 Å². The predicted molar refractivity (Wildman–Crippen MR) is 298 cm³/mol. The molecule has 348 valence electrons. The Labute approximate surface area is 412 Å². The van der Waals surface area contributed by atoms with E-state index >= 15 is 0 Å². The third-order valence-corrected chi connectivity index (χ3v) is 19.6. The Morgan fingerprint density at radius 3 is 1.44 bits per heavy atom. The number of aryl methyl sites for hydroxylation is 1. The molecule has 0 amide bonds. The maximum Gasteiger partial charge on any atom is 0.252 e. The first-order valence-corrected chi connectivity index (χ1v) is 26.7. The van der Waals surface area contributed by atoms with E-state index in [1.807, 2.05) is 11.3 Å². The van der Waals surface area contributed by atoms with Crippen molar-refractivity contribution < 1.29 is 0 Å². The molecule has 6 aromatic carbocycles. The highest BCUT2D eigenvalue weighted by Crippen LogP contribution is 2.57. The second-order valence-corrected chi connectivity index (χ2v) is 28.2. The fraction of sp³-hybridized carbons (Fsp3) is 0.438. The fourth-order valence-electron chi connectivity index (χ4n) is 14.3. The van der Waals surface area contributed by atoms with Gasteiger partial charge in [-0.15, -0.1) is 11.3 Å². The summed E-state index contributed by atoms with van der Waals surface area (Å²) in [7, 11) is 0. The first-order valence-electron chi connectivity index (χ1n) is 25.9. The average Bonchev–Trinajstić information content (AvgIpc) is 3.73. The Kier molecular flexibility index (Phi) is 8.98. The number of thiophene rings is 1. The van der Waals surface area contributed by atoms with Crippen molar-refractivity contribution in [3.05, 3.63) is 136 Å². The normalized spacial score (nSPS) is 20.7. The fourth-order valence-corrected chi connectivity index (χ4v) is 15.5. The molecule has 0 unspecified atom stereocenters. The van der Waals surface area contributed by atoms with Gasteiger partial charge in [-0.1, -0.05) is 152 Å². The van der Waals surface area contributed by atoms with Gasteiger partial charge in [-0.05, 0) is 180 Å². The van der Waals surface area contributed by atoms with E-state index in [-0.39, 0.29) is 44.6 Å². The summed E-state index contributed by atoms with van der Waals surface area (Å²) < 4.78 is 2.70. The molecule has 0 N–H and O–H groups in total. The van der Waals surface area contributed by atoms with E-state index in [0.717, 1.165) is 6.42 Å². The predicted octanol–water partition coefficient (Wildman–Crippen LogP) is 16.4. The zero-order valence-corrected chi connectivity index (χ0v) is 44.9. The smallest absolute Gasteiger partial charge is 0.252 e. The summed E-state index contributed by atoms with van der Waals surface area (Å²) in [6.45, 7) is 39.7. The highest BCUT2D eigenvalue weighted by atomic mass is 32.1. The second-order valence-electron chi connectivity index (χ2n) is 27.1. The molecule has 0 radical (unpaired) electrons. The van der Waals surface area contributed by atoms with Gasteiger partial charge < -0.3 is 9.80 Å². The highest BCUT2D eigenvalue weighted by molar-refractivity contribution is 7.26. The standard InChI is InChI=1S/C64H73BN2S/c1-37-28-41-44(61(9,10)26-24-59(41,5)6)33-50(37)67-52-35-46-43(63(13,14)36-64(46,15)16)32-48(52)65-47-31-42-45(62(11,12)27-25-60(42,7)8)34-51(47)66(53-29-38(58(2,3)4)30-54(67)56(53)65)49-22-19-21-40-39-20-17-18-23-55(39)68-57(40)49/h17-23,28-35H,24-27,36H2,1-16H3. The molecule has 12 rings (SSSR count). The van der Waals surface area contributed by atoms with E-state index in [1.54, 1.807) is 0 Å². The minimum absolute atomic E-state index is 0.0496. The molecular weight excluding hydrogens is 840 g/mol. The first kappa shape index (κ1) is 44.4. The molecule has 4 heteroatoms. The lowest BCUT2D eigenvalue weighted by atomic mass is 9.32. The van der Waals surface area contributed by atoms with Crippen LogP contribution >= 0.6 is 11.3 Å². The first-order chi connectivity index (χ1) is 31.7. The van der Waals surface area contributed by atoms with Gasteiger partial charge in [0, 0.05) is 43.9 Å². The van der Waals surface area contributed by atoms with Crippen LogP contribution < -0.4 is 26.2 Å². The van der Waals surface area contributed by atoms with Crippen LogP contribution in [0.4, 0.5) is 34.1 Å². The number of rotatable bonds is 2. The third-order valence-electron chi connectivity index (χ3n) is 18.4. The van der Waals surface area contributed by atoms with Crippen LogP contribution in [0, 0.1) is 6.92 Å². The molecule has 68 heavy (non-hydrogen) atoms.